The molecule has 0 unspecified atom stereocenters. The fourth-order valence-electron chi connectivity index (χ4n) is 2.73. The summed E-state index contributed by atoms with van der Waals surface area (Å²) in [6.45, 7) is 4.91. The Morgan fingerprint density at radius 3 is 2.13 bits per heavy atom. The highest BCUT2D eigenvalue weighted by atomic mass is 35.5. The van der Waals surface area contributed by atoms with Gasteiger partial charge < -0.3 is 5.32 Å². The number of carbonyl (C=O) groups is 1. The molecule has 0 aromatic heterocycles. The first-order valence-electron chi connectivity index (χ1n) is 9.20. The summed E-state index contributed by atoms with van der Waals surface area (Å²) >= 11 is 6.17. The van der Waals surface area contributed by atoms with Crippen LogP contribution in [0.5, 0.6) is 0 Å². The fourth-order valence-corrected chi connectivity index (χ4v) is 2.94. The number of hydrogen-bond donors (Lipinski definition) is 1. The van der Waals surface area contributed by atoms with Crippen molar-refractivity contribution in [1.82, 2.24) is 5.32 Å². The molecule has 3 heteroatoms. The van der Waals surface area contributed by atoms with Gasteiger partial charge in [-0.2, -0.15) is 0 Å². The zero-order valence-corrected chi connectivity index (χ0v) is 15.6. The predicted octanol–water partition coefficient (Wildman–Crippen LogP) is 6.30. The van der Waals surface area contributed by atoms with Crippen LogP contribution in [0.25, 0.3) is 0 Å². The van der Waals surface area contributed by atoms with Crippen molar-refractivity contribution in [3.8, 4) is 0 Å². The molecule has 0 saturated heterocycles. The van der Waals surface area contributed by atoms with E-state index in [1.54, 1.807) is 6.07 Å². The third-order valence-corrected chi connectivity index (χ3v) is 4.75. The lowest BCUT2D eigenvalue weighted by atomic mass is 10.1. The molecule has 1 aromatic rings. The number of rotatable bonds is 12. The highest BCUT2D eigenvalue weighted by Gasteiger charge is 2.10. The van der Waals surface area contributed by atoms with Gasteiger partial charge in [-0.25, -0.2) is 0 Å². The zero-order valence-electron chi connectivity index (χ0n) is 14.8. The van der Waals surface area contributed by atoms with Crippen molar-refractivity contribution < 1.29 is 4.79 Å². The SMILES string of the molecule is CCCCCCCCCCCCNC(=O)c1cccc(C)c1Cl. The number of carbonyl (C=O) groups excluding carboxylic acids is 1. The Morgan fingerprint density at radius 1 is 0.957 bits per heavy atom. The summed E-state index contributed by atoms with van der Waals surface area (Å²) in [6.07, 6.45) is 13.0. The molecule has 1 aromatic carbocycles. The van der Waals surface area contributed by atoms with Gasteiger partial charge in [0.05, 0.1) is 10.6 Å². The molecule has 1 amide bonds. The Kier molecular flexibility index (Phi) is 10.8. The van der Waals surface area contributed by atoms with E-state index in [0.29, 0.717) is 10.6 Å². The summed E-state index contributed by atoms with van der Waals surface area (Å²) in [5.41, 5.74) is 1.52. The molecule has 1 rings (SSSR count). The molecule has 0 bridgehead atoms. The maximum absolute atomic E-state index is 12.1. The number of amides is 1. The first-order valence-corrected chi connectivity index (χ1v) is 9.58. The summed E-state index contributed by atoms with van der Waals surface area (Å²) in [7, 11) is 0. The molecule has 0 aliphatic heterocycles. The molecule has 0 heterocycles. The maximum Gasteiger partial charge on any atom is 0.252 e. The standard InChI is InChI=1S/C20H32ClNO/c1-3-4-5-6-7-8-9-10-11-12-16-22-20(23)18-15-13-14-17(2)19(18)21/h13-15H,3-12,16H2,1-2H3,(H,22,23). The Morgan fingerprint density at radius 2 is 1.52 bits per heavy atom. The van der Waals surface area contributed by atoms with Gasteiger partial charge >= 0.3 is 0 Å². The number of benzene rings is 1. The van der Waals surface area contributed by atoms with Crippen molar-refractivity contribution in [1.29, 1.82) is 0 Å². The summed E-state index contributed by atoms with van der Waals surface area (Å²) in [4.78, 5) is 12.1. The van der Waals surface area contributed by atoms with Gasteiger partial charge in [-0.05, 0) is 25.0 Å². The second-order valence-corrected chi connectivity index (χ2v) is 6.75. The van der Waals surface area contributed by atoms with Crippen LogP contribution in [0.2, 0.25) is 5.02 Å². The smallest absolute Gasteiger partial charge is 0.252 e. The third kappa shape index (κ3) is 8.41. The van der Waals surface area contributed by atoms with E-state index in [9.17, 15) is 4.79 Å². The summed E-state index contributed by atoms with van der Waals surface area (Å²) in [5.74, 6) is -0.0605. The summed E-state index contributed by atoms with van der Waals surface area (Å²) < 4.78 is 0. The molecule has 130 valence electrons. The Hall–Kier alpha value is -1.02. The number of aryl methyl sites for hydroxylation is 1. The minimum absolute atomic E-state index is 0.0605. The number of nitrogens with one attached hydrogen (secondary N) is 1. The van der Waals surface area contributed by atoms with E-state index in [0.717, 1.165) is 18.5 Å². The largest absolute Gasteiger partial charge is 0.352 e. The molecule has 23 heavy (non-hydrogen) atoms. The van der Waals surface area contributed by atoms with Crippen molar-refractivity contribution in [3.63, 3.8) is 0 Å². The Balaban J connectivity index is 2.03. The van der Waals surface area contributed by atoms with Gasteiger partial charge in [0, 0.05) is 6.54 Å². The predicted molar refractivity (Wildman–Crippen MR) is 100 cm³/mol. The van der Waals surface area contributed by atoms with Crippen molar-refractivity contribution in [2.45, 2.75) is 78.1 Å². The molecule has 0 saturated carbocycles. The third-order valence-electron chi connectivity index (χ3n) is 4.25. The summed E-state index contributed by atoms with van der Waals surface area (Å²) in [5, 5.41) is 3.53. The Labute approximate surface area is 147 Å². The average Bonchev–Trinajstić information content (AvgIpc) is 2.55. The fraction of sp³-hybridized carbons (Fsp3) is 0.650. The lowest BCUT2D eigenvalue weighted by Gasteiger charge is -2.08. The van der Waals surface area contributed by atoms with Crippen LogP contribution in [0.3, 0.4) is 0 Å². The Bertz CT molecular complexity index is 459. The normalized spacial score (nSPS) is 10.7. The molecular weight excluding hydrogens is 306 g/mol. The quantitative estimate of drug-likeness (QED) is 0.445. The van der Waals surface area contributed by atoms with Gasteiger partial charge in [-0.1, -0.05) is 88.4 Å². The van der Waals surface area contributed by atoms with Crippen molar-refractivity contribution in [3.05, 3.63) is 34.3 Å². The van der Waals surface area contributed by atoms with Crippen LogP contribution < -0.4 is 5.32 Å². The minimum atomic E-state index is -0.0605. The van der Waals surface area contributed by atoms with Gasteiger partial charge in [-0.15, -0.1) is 0 Å². The van der Waals surface area contributed by atoms with Gasteiger partial charge in [-0.3, -0.25) is 4.79 Å². The maximum atomic E-state index is 12.1. The van der Waals surface area contributed by atoms with Gasteiger partial charge in [0.2, 0.25) is 0 Å². The van der Waals surface area contributed by atoms with Crippen LogP contribution in [0, 0.1) is 6.92 Å². The van der Waals surface area contributed by atoms with Gasteiger partial charge in [0.15, 0.2) is 0 Å². The van der Waals surface area contributed by atoms with E-state index in [1.165, 1.54) is 57.8 Å². The zero-order chi connectivity index (χ0) is 16.9. The van der Waals surface area contributed by atoms with Crippen molar-refractivity contribution >= 4 is 17.5 Å². The van der Waals surface area contributed by atoms with Crippen LogP contribution in [-0.2, 0) is 0 Å². The van der Waals surface area contributed by atoms with E-state index in [4.69, 9.17) is 11.6 Å². The second kappa shape index (κ2) is 12.4. The monoisotopic (exact) mass is 337 g/mol. The molecule has 0 aliphatic carbocycles. The molecule has 0 spiro atoms. The van der Waals surface area contributed by atoms with Gasteiger partial charge in [0.1, 0.15) is 0 Å². The average molecular weight is 338 g/mol. The molecule has 1 N–H and O–H groups in total. The molecule has 2 nitrogen and oxygen atoms in total. The summed E-state index contributed by atoms with van der Waals surface area (Å²) in [6, 6.07) is 5.57. The van der Waals surface area contributed by atoms with Crippen LogP contribution in [0.15, 0.2) is 18.2 Å². The van der Waals surface area contributed by atoms with Crippen LogP contribution in [0.1, 0.15) is 87.1 Å². The van der Waals surface area contributed by atoms with Crippen molar-refractivity contribution in [2.75, 3.05) is 6.54 Å². The van der Waals surface area contributed by atoms with E-state index in [2.05, 4.69) is 12.2 Å². The highest BCUT2D eigenvalue weighted by molar-refractivity contribution is 6.34. The van der Waals surface area contributed by atoms with E-state index in [-0.39, 0.29) is 5.91 Å². The number of hydrogen-bond acceptors (Lipinski definition) is 1. The van der Waals surface area contributed by atoms with E-state index in [1.807, 2.05) is 19.1 Å². The highest BCUT2D eigenvalue weighted by Crippen LogP contribution is 2.20. The van der Waals surface area contributed by atoms with E-state index < -0.39 is 0 Å². The molecule has 0 fully saturated rings. The molecule has 0 radical (unpaired) electrons. The lowest BCUT2D eigenvalue weighted by molar-refractivity contribution is 0.0953. The topological polar surface area (TPSA) is 29.1 Å². The van der Waals surface area contributed by atoms with Crippen molar-refractivity contribution in [2.24, 2.45) is 0 Å². The van der Waals surface area contributed by atoms with Crippen LogP contribution in [0.4, 0.5) is 0 Å². The lowest BCUT2D eigenvalue weighted by Crippen LogP contribution is -2.24. The first kappa shape index (κ1) is 20.0. The molecule has 0 aliphatic rings. The van der Waals surface area contributed by atoms with Gasteiger partial charge in [0.25, 0.3) is 5.91 Å². The second-order valence-electron chi connectivity index (χ2n) is 6.37. The van der Waals surface area contributed by atoms with Crippen LogP contribution >= 0.6 is 11.6 Å². The minimum Gasteiger partial charge on any atom is -0.352 e. The molecular formula is C20H32ClNO. The number of unbranched alkanes of at least 4 members (excludes halogenated alkanes) is 9. The number of halogens is 1. The molecule has 0 atom stereocenters. The van der Waals surface area contributed by atoms with Crippen LogP contribution in [-0.4, -0.2) is 12.5 Å². The van der Waals surface area contributed by atoms with E-state index >= 15 is 0 Å². The first-order chi connectivity index (χ1) is 11.2.